The maximum Gasteiger partial charge on any atom is 0.310 e. The fourth-order valence-corrected chi connectivity index (χ4v) is 4.58. The summed E-state index contributed by atoms with van der Waals surface area (Å²) in [6, 6.07) is 13.5. The fraction of sp³-hybridized carbons (Fsp3) is 0.423. The third-order valence-corrected chi connectivity index (χ3v) is 6.31. The number of esters is 1. The highest BCUT2D eigenvalue weighted by Crippen LogP contribution is 2.34. The number of hydrazone groups is 1. The van der Waals surface area contributed by atoms with Gasteiger partial charge in [-0.2, -0.15) is 5.10 Å². The van der Waals surface area contributed by atoms with Crippen molar-refractivity contribution in [1.29, 1.82) is 0 Å². The number of carbonyl (C=O) groups excluding carboxylic acids is 2. The lowest BCUT2D eigenvalue weighted by molar-refractivity contribution is -0.150. The summed E-state index contributed by atoms with van der Waals surface area (Å²) in [5.41, 5.74) is 2.25. The maximum atomic E-state index is 13.9. The van der Waals surface area contributed by atoms with E-state index < -0.39 is 0 Å². The summed E-state index contributed by atoms with van der Waals surface area (Å²) < 4.78 is 24.3. The van der Waals surface area contributed by atoms with Gasteiger partial charge in [0.15, 0.2) is 0 Å². The van der Waals surface area contributed by atoms with Gasteiger partial charge in [0.2, 0.25) is 0 Å². The van der Waals surface area contributed by atoms with Crippen LogP contribution < -0.4 is 4.74 Å². The Kier molecular flexibility index (Phi) is 7.57. The maximum absolute atomic E-state index is 13.9. The Labute approximate surface area is 199 Å². The molecule has 0 aromatic heterocycles. The fourth-order valence-electron chi connectivity index (χ4n) is 4.58. The van der Waals surface area contributed by atoms with E-state index in [1.54, 1.807) is 26.2 Å². The molecule has 180 valence electrons. The van der Waals surface area contributed by atoms with Crippen molar-refractivity contribution in [3.8, 4) is 5.75 Å². The first-order valence-corrected chi connectivity index (χ1v) is 11.7. The number of ether oxygens (including phenoxy) is 2. The van der Waals surface area contributed by atoms with Gasteiger partial charge in [0.1, 0.15) is 11.6 Å². The van der Waals surface area contributed by atoms with Crippen molar-refractivity contribution < 1.29 is 23.5 Å². The van der Waals surface area contributed by atoms with Gasteiger partial charge in [-0.3, -0.25) is 14.5 Å². The molecule has 0 aliphatic carbocycles. The molecule has 2 atom stereocenters. The Hall–Kier alpha value is -3.26. The van der Waals surface area contributed by atoms with Gasteiger partial charge in [0, 0.05) is 18.5 Å². The second-order valence-corrected chi connectivity index (χ2v) is 8.61. The lowest BCUT2D eigenvalue weighted by atomic mass is 9.97. The lowest BCUT2D eigenvalue weighted by Gasteiger charge is -2.32. The first-order valence-electron chi connectivity index (χ1n) is 11.7. The Morgan fingerprint density at radius 1 is 1.18 bits per heavy atom. The molecule has 0 spiro atoms. The van der Waals surface area contributed by atoms with Crippen molar-refractivity contribution in [3.05, 3.63) is 65.5 Å². The average molecular weight is 468 g/mol. The summed E-state index contributed by atoms with van der Waals surface area (Å²) in [4.78, 5) is 27.6. The Bertz CT molecular complexity index is 1060. The largest absolute Gasteiger partial charge is 0.497 e. The van der Waals surface area contributed by atoms with Crippen molar-refractivity contribution in [1.82, 2.24) is 9.91 Å². The minimum atomic E-state index is -0.343. The number of likely N-dealkylation sites (tertiary alicyclic amines) is 1. The van der Waals surface area contributed by atoms with Crippen LogP contribution in [0.2, 0.25) is 0 Å². The highest BCUT2D eigenvalue weighted by molar-refractivity contribution is 6.03. The van der Waals surface area contributed by atoms with Crippen molar-refractivity contribution in [2.45, 2.75) is 32.2 Å². The number of benzene rings is 2. The van der Waals surface area contributed by atoms with Gasteiger partial charge >= 0.3 is 5.97 Å². The number of carbonyl (C=O) groups is 2. The van der Waals surface area contributed by atoms with Crippen LogP contribution in [0.25, 0.3) is 0 Å². The summed E-state index contributed by atoms with van der Waals surface area (Å²) in [5, 5.41) is 6.14. The van der Waals surface area contributed by atoms with Gasteiger partial charge < -0.3 is 9.47 Å². The monoisotopic (exact) mass is 467 g/mol. The van der Waals surface area contributed by atoms with Crippen LogP contribution in [0.15, 0.2) is 53.6 Å². The molecule has 2 aromatic rings. The zero-order chi connectivity index (χ0) is 24.1. The Morgan fingerprint density at radius 3 is 2.68 bits per heavy atom. The molecule has 2 aromatic carbocycles. The van der Waals surface area contributed by atoms with E-state index in [2.05, 4.69) is 5.10 Å². The number of piperidine rings is 1. The average Bonchev–Trinajstić information content (AvgIpc) is 3.30. The molecule has 7 nitrogen and oxygen atoms in total. The molecule has 0 bridgehead atoms. The van der Waals surface area contributed by atoms with Crippen molar-refractivity contribution in [2.75, 3.05) is 33.4 Å². The molecule has 2 aliphatic rings. The number of amides is 1. The molecule has 8 heteroatoms. The van der Waals surface area contributed by atoms with Gasteiger partial charge in [-0.1, -0.05) is 24.3 Å². The van der Waals surface area contributed by atoms with E-state index in [1.165, 1.54) is 17.1 Å². The second-order valence-electron chi connectivity index (χ2n) is 8.61. The topological polar surface area (TPSA) is 71.4 Å². The van der Waals surface area contributed by atoms with Crippen LogP contribution in [0.5, 0.6) is 5.75 Å². The highest BCUT2D eigenvalue weighted by atomic mass is 19.1. The van der Waals surface area contributed by atoms with E-state index in [1.807, 2.05) is 29.2 Å². The third kappa shape index (κ3) is 5.44. The lowest BCUT2D eigenvalue weighted by Crippen LogP contribution is -2.44. The number of rotatable bonds is 7. The Balaban J connectivity index is 1.54. The van der Waals surface area contributed by atoms with Gasteiger partial charge in [-0.15, -0.1) is 0 Å². The molecular weight excluding hydrogens is 437 g/mol. The van der Waals surface area contributed by atoms with Crippen LogP contribution in [0, 0.1) is 11.7 Å². The summed E-state index contributed by atoms with van der Waals surface area (Å²) in [7, 11) is 1.60. The molecule has 1 amide bonds. The van der Waals surface area contributed by atoms with Crippen LogP contribution in [-0.2, 0) is 14.3 Å². The van der Waals surface area contributed by atoms with Crippen LogP contribution in [-0.4, -0.2) is 60.8 Å². The van der Waals surface area contributed by atoms with Crippen molar-refractivity contribution in [2.24, 2.45) is 11.0 Å². The number of nitrogens with zero attached hydrogens (tertiary/aromatic N) is 3. The summed E-state index contributed by atoms with van der Waals surface area (Å²) in [5.74, 6) is -0.197. The third-order valence-electron chi connectivity index (χ3n) is 6.31. The van der Waals surface area contributed by atoms with E-state index in [4.69, 9.17) is 9.47 Å². The Morgan fingerprint density at radius 2 is 1.97 bits per heavy atom. The SMILES string of the molecule is CCOC(=O)[C@@H]1CCCN(CC(=O)N2N=C(c3cccc(F)c3)C[C@H]2c2ccc(OC)cc2)C1. The number of hydrogen-bond acceptors (Lipinski definition) is 6. The van der Waals surface area contributed by atoms with E-state index in [9.17, 15) is 14.0 Å². The predicted octanol–water partition coefficient (Wildman–Crippen LogP) is 3.79. The number of halogens is 1. The normalized spacial score (nSPS) is 20.7. The summed E-state index contributed by atoms with van der Waals surface area (Å²) >= 11 is 0. The van der Waals surface area contributed by atoms with Gasteiger partial charge in [0.25, 0.3) is 5.91 Å². The molecule has 4 rings (SSSR count). The van der Waals surface area contributed by atoms with Crippen molar-refractivity contribution in [3.63, 3.8) is 0 Å². The van der Waals surface area contributed by atoms with E-state index >= 15 is 0 Å². The number of hydrogen-bond donors (Lipinski definition) is 0. The van der Waals surface area contributed by atoms with Crippen LogP contribution in [0.4, 0.5) is 4.39 Å². The van der Waals surface area contributed by atoms with Crippen LogP contribution in [0.1, 0.15) is 43.4 Å². The predicted molar refractivity (Wildman–Crippen MR) is 126 cm³/mol. The van der Waals surface area contributed by atoms with Crippen LogP contribution >= 0.6 is 0 Å². The van der Waals surface area contributed by atoms with Gasteiger partial charge in [-0.05, 0) is 56.1 Å². The molecule has 2 aliphatic heterocycles. The standard InChI is InChI=1S/C26H30FN3O4/c1-3-34-26(32)20-7-5-13-29(16-20)17-25(31)30-24(18-9-11-22(33-2)12-10-18)15-23(28-30)19-6-4-8-21(27)14-19/h4,6,8-12,14,20,24H,3,5,7,13,15-17H2,1-2H3/t20-,24+/m1/s1. The molecule has 0 saturated carbocycles. The van der Waals surface area contributed by atoms with E-state index in [-0.39, 0.29) is 36.2 Å². The summed E-state index contributed by atoms with van der Waals surface area (Å²) in [6.45, 7) is 3.53. The van der Waals surface area contributed by atoms with E-state index in [0.29, 0.717) is 30.8 Å². The van der Waals surface area contributed by atoms with E-state index in [0.717, 1.165) is 30.7 Å². The molecule has 1 saturated heterocycles. The molecule has 0 N–H and O–H groups in total. The molecular formula is C26H30FN3O4. The zero-order valence-corrected chi connectivity index (χ0v) is 19.6. The molecule has 1 fully saturated rings. The quantitative estimate of drug-likeness (QED) is 0.580. The smallest absolute Gasteiger partial charge is 0.310 e. The molecule has 34 heavy (non-hydrogen) atoms. The van der Waals surface area contributed by atoms with Gasteiger partial charge in [-0.25, -0.2) is 9.40 Å². The van der Waals surface area contributed by atoms with Gasteiger partial charge in [0.05, 0.1) is 37.9 Å². The molecule has 0 unspecified atom stereocenters. The van der Waals surface area contributed by atoms with Crippen molar-refractivity contribution >= 4 is 17.6 Å². The van der Waals surface area contributed by atoms with Crippen LogP contribution in [0.3, 0.4) is 0 Å². The first-order chi connectivity index (χ1) is 16.5. The summed E-state index contributed by atoms with van der Waals surface area (Å²) in [6.07, 6.45) is 2.08. The highest BCUT2D eigenvalue weighted by Gasteiger charge is 2.35. The number of methoxy groups -OCH3 is 1. The molecule has 0 radical (unpaired) electrons. The molecule has 2 heterocycles. The first kappa shape index (κ1) is 23.9. The minimum Gasteiger partial charge on any atom is -0.497 e. The second kappa shape index (κ2) is 10.8. The minimum absolute atomic E-state index is 0.155. The zero-order valence-electron chi connectivity index (χ0n) is 19.6.